The Bertz CT molecular complexity index is 275. The van der Waals surface area contributed by atoms with Crippen molar-refractivity contribution < 1.29 is 4.79 Å². The molecule has 0 unspecified atom stereocenters. The van der Waals surface area contributed by atoms with E-state index >= 15 is 0 Å². The molecule has 1 fully saturated rings. The molecule has 5 nitrogen and oxygen atoms in total. The second kappa shape index (κ2) is 9.41. The number of likely N-dealkylation sites (tertiary alicyclic amines) is 1. The van der Waals surface area contributed by atoms with Gasteiger partial charge < -0.3 is 15.5 Å². The van der Waals surface area contributed by atoms with E-state index in [9.17, 15) is 4.79 Å². The fourth-order valence-corrected chi connectivity index (χ4v) is 2.20. The van der Waals surface area contributed by atoms with Gasteiger partial charge in [-0.15, -0.1) is 24.0 Å². The Hall–Kier alpha value is -0.530. The van der Waals surface area contributed by atoms with Gasteiger partial charge in [0, 0.05) is 40.2 Å². The predicted molar refractivity (Wildman–Crippen MR) is 85.4 cm³/mol. The minimum atomic E-state index is 0. The summed E-state index contributed by atoms with van der Waals surface area (Å²) in [6.45, 7) is 4.94. The van der Waals surface area contributed by atoms with Crippen LogP contribution < -0.4 is 10.6 Å². The van der Waals surface area contributed by atoms with E-state index < -0.39 is 0 Å². The Kier molecular flexibility index (Phi) is 9.13. The van der Waals surface area contributed by atoms with Crippen molar-refractivity contribution >= 4 is 35.8 Å². The van der Waals surface area contributed by atoms with Crippen molar-refractivity contribution in [1.29, 1.82) is 0 Å². The molecule has 0 aliphatic carbocycles. The molecule has 1 saturated heterocycles. The molecule has 1 amide bonds. The van der Waals surface area contributed by atoms with Gasteiger partial charge in [-0.05, 0) is 25.7 Å². The Morgan fingerprint density at radius 1 is 1.39 bits per heavy atom. The van der Waals surface area contributed by atoms with E-state index in [1.54, 1.807) is 7.05 Å². The summed E-state index contributed by atoms with van der Waals surface area (Å²) in [7, 11) is 3.51. The minimum absolute atomic E-state index is 0. The second-order valence-corrected chi connectivity index (χ2v) is 4.39. The van der Waals surface area contributed by atoms with Crippen LogP contribution in [0.15, 0.2) is 4.99 Å². The number of piperidine rings is 1. The zero-order valence-corrected chi connectivity index (χ0v) is 13.9. The van der Waals surface area contributed by atoms with Crippen molar-refractivity contribution in [1.82, 2.24) is 15.5 Å². The number of carbonyl (C=O) groups is 1. The maximum Gasteiger partial charge on any atom is 0.220 e. The molecule has 1 aliphatic rings. The Morgan fingerprint density at radius 3 is 2.44 bits per heavy atom. The maximum atomic E-state index is 11.3. The number of halogens is 1. The second-order valence-electron chi connectivity index (χ2n) is 4.39. The average molecular weight is 368 g/mol. The van der Waals surface area contributed by atoms with E-state index in [0.717, 1.165) is 38.4 Å². The first kappa shape index (κ1) is 17.5. The molecule has 1 rings (SSSR count). The summed E-state index contributed by atoms with van der Waals surface area (Å²) in [4.78, 5) is 17.8. The van der Waals surface area contributed by atoms with Crippen molar-refractivity contribution in [3.8, 4) is 0 Å². The number of nitrogens with zero attached hydrogens (tertiary/aromatic N) is 2. The van der Waals surface area contributed by atoms with Crippen molar-refractivity contribution in [3.05, 3.63) is 0 Å². The van der Waals surface area contributed by atoms with Gasteiger partial charge in [0.1, 0.15) is 0 Å². The molecule has 0 spiro atoms. The third-order valence-electron chi connectivity index (χ3n) is 3.21. The van der Waals surface area contributed by atoms with Crippen LogP contribution in [0.25, 0.3) is 0 Å². The number of carbonyl (C=O) groups excluding carboxylic acids is 1. The third kappa shape index (κ3) is 5.41. The van der Waals surface area contributed by atoms with Gasteiger partial charge in [-0.2, -0.15) is 0 Å². The number of hydrogen-bond acceptors (Lipinski definition) is 2. The number of amides is 1. The van der Waals surface area contributed by atoms with Crippen LogP contribution in [-0.2, 0) is 4.79 Å². The van der Waals surface area contributed by atoms with E-state index in [0.29, 0.717) is 12.3 Å². The SMILES string of the molecule is CCNC(=NC)N1CCC(CC(=O)NC)CC1.I. The van der Waals surface area contributed by atoms with Gasteiger partial charge in [0.25, 0.3) is 0 Å². The molecular weight excluding hydrogens is 343 g/mol. The Balaban J connectivity index is 0.00000289. The molecular formula is C12H25IN4O. The first-order valence-corrected chi connectivity index (χ1v) is 6.37. The lowest BCUT2D eigenvalue weighted by molar-refractivity contribution is -0.121. The first-order chi connectivity index (χ1) is 8.21. The highest BCUT2D eigenvalue weighted by atomic mass is 127. The first-order valence-electron chi connectivity index (χ1n) is 6.37. The molecule has 0 bridgehead atoms. The predicted octanol–water partition coefficient (Wildman–Crippen LogP) is 1.05. The molecule has 6 heteroatoms. The molecule has 0 aromatic carbocycles. The highest BCUT2D eigenvalue weighted by Crippen LogP contribution is 2.20. The summed E-state index contributed by atoms with van der Waals surface area (Å²) in [5.74, 6) is 1.65. The number of rotatable bonds is 3. The van der Waals surface area contributed by atoms with Crippen LogP contribution in [0.1, 0.15) is 26.2 Å². The van der Waals surface area contributed by atoms with E-state index in [-0.39, 0.29) is 29.9 Å². The summed E-state index contributed by atoms with van der Waals surface area (Å²) in [5.41, 5.74) is 0. The van der Waals surface area contributed by atoms with Gasteiger partial charge in [-0.25, -0.2) is 0 Å². The van der Waals surface area contributed by atoms with Gasteiger partial charge in [0.2, 0.25) is 5.91 Å². The van der Waals surface area contributed by atoms with Crippen molar-refractivity contribution in [3.63, 3.8) is 0 Å². The minimum Gasteiger partial charge on any atom is -0.359 e. The van der Waals surface area contributed by atoms with Crippen LogP contribution >= 0.6 is 24.0 Å². The molecule has 0 radical (unpaired) electrons. The quantitative estimate of drug-likeness (QED) is 0.445. The van der Waals surface area contributed by atoms with Gasteiger partial charge >= 0.3 is 0 Å². The Labute approximate surface area is 127 Å². The number of nitrogens with one attached hydrogen (secondary N) is 2. The smallest absolute Gasteiger partial charge is 0.220 e. The van der Waals surface area contributed by atoms with E-state index in [4.69, 9.17) is 0 Å². The lowest BCUT2D eigenvalue weighted by Crippen LogP contribution is -2.45. The summed E-state index contributed by atoms with van der Waals surface area (Å²) in [5, 5.41) is 5.95. The lowest BCUT2D eigenvalue weighted by Gasteiger charge is -2.33. The topological polar surface area (TPSA) is 56.7 Å². The molecule has 0 atom stereocenters. The third-order valence-corrected chi connectivity index (χ3v) is 3.21. The van der Waals surface area contributed by atoms with Crippen LogP contribution in [0.2, 0.25) is 0 Å². The van der Waals surface area contributed by atoms with Crippen LogP contribution in [0.3, 0.4) is 0 Å². The fourth-order valence-electron chi connectivity index (χ4n) is 2.20. The highest BCUT2D eigenvalue weighted by molar-refractivity contribution is 14.0. The molecule has 18 heavy (non-hydrogen) atoms. The molecule has 1 aliphatic heterocycles. The van der Waals surface area contributed by atoms with Crippen molar-refractivity contribution in [2.45, 2.75) is 26.2 Å². The zero-order chi connectivity index (χ0) is 12.7. The van der Waals surface area contributed by atoms with Crippen LogP contribution in [0.5, 0.6) is 0 Å². The number of hydrogen-bond donors (Lipinski definition) is 2. The molecule has 2 N–H and O–H groups in total. The zero-order valence-electron chi connectivity index (χ0n) is 11.5. The van der Waals surface area contributed by atoms with Crippen LogP contribution in [-0.4, -0.2) is 50.5 Å². The van der Waals surface area contributed by atoms with E-state index in [1.807, 2.05) is 7.05 Å². The number of guanidine groups is 1. The normalized spacial score (nSPS) is 17.1. The lowest BCUT2D eigenvalue weighted by atomic mass is 9.93. The van der Waals surface area contributed by atoms with Gasteiger partial charge in [0.15, 0.2) is 5.96 Å². The van der Waals surface area contributed by atoms with Gasteiger partial charge in [0.05, 0.1) is 0 Å². The molecule has 0 aromatic rings. The summed E-state index contributed by atoms with van der Waals surface area (Å²) >= 11 is 0. The fraction of sp³-hybridized carbons (Fsp3) is 0.833. The Morgan fingerprint density at radius 2 is 2.00 bits per heavy atom. The summed E-state index contributed by atoms with van der Waals surface area (Å²) in [6.07, 6.45) is 2.79. The van der Waals surface area contributed by atoms with E-state index in [1.165, 1.54) is 0 Å². The van der Waals surface area contributed by atoms with Crippen LogP contribution in [0, 0.1) is 5.92 Å². The summed E-state index contributed by atoms with van der Waals surface area (Å²) in [6, 6.07) is 0. The standard InChI is InChI=1S/C12H24N4O.HI/c1-4-15-12(14-3)16-7-5-10(6-8-16)9-11(17)13-2;/h10H,4-9H2,1-3H3,(H,13,17)(H,14,15);1H. The molecule has 0 aromatic heterocycles. The summed E-state index contributed by atoms with van der Waals surface area (Å²) < 4.78 is 0. The largest absolute Gasteiger partial charge is 0.359 e. The van der Waals surface area contributed by atoms with E-state index in [2.05, 4.69) is 27.4 Å². The van der Waals surface area contributed by atoms with Crippen molar-refractivity contribution in [2.75, 3.05) is 33.7 Å². The highest BCUT2D eigenvalue weighted by Gasteiger charge is 2.22. The monoisotopic (exact) mass is 368 g/mol. The molecule has 1 heterocycles. The molecule has 106 valence electrons. The number of aliphatic imine (C=N–C) groups is 1. The van der Waals surface area contributed by atoms with Gasteiger partial charge in [-0.3, -0.25) is 9.79 Å². The average Bonchev–Trinajstić information content (AvgIpc) is 2.37. The molecule has 0 saturated carbocycles. The van der Waals surface area contributed by atoms with Crippen molar-refractivity contribution in [2.24, 2.45) is 10.9 Å². The van der Waals surface area contributed by atoms with Crippen LogP contribution in [0.4, 0.5) is 0 Å². The maximum absolute atomic E-state index is 11.3. The van der Waals surface area contributed by atoms with Gasteiger partial charge in [-0.1, -0.05) is 0 Å².